The number of para-hydroxylation sites is 2. The quantitative estimate of drug-likeness (QED) is 0.858. The molecule has 19 heavy (non-hydrogen) atoms. The summed E-state index contributed by atoms with van der Waals surface area (Å²) in [4.78, 5) is 10.9. The largest absolute Gasteiger partial charge is 0.488 e. The van der Waals surface area contributed by atoms with Crippen LogP contribution in [-0.2, 0) is 9.53 Å². The second-order valence-corrected chi connectivity index (χ2v) is 4.48. The fourth-order valence-corrected chi connectivity index (χ4v) is 1.33. The third-order valence-electron chi connectivity index (χ3n) is 2.56. The lowest BCUT2D eigenvalue weighted by Gasteiger charge is -2.14. The van der Waals surface area contributed by atoms with Crippen LogP contribution in [0.25, 0.3) is 0 Å². The molecule has 1 aliphatic heterocycles. The number of alkyl halides is 3. The van der Waals surface area contributed by atoms with Crippen LogP contribution in [0.1, 0.15) is 6.92 Å². The molecule has 1 atom stereocenters. The Morgan fingerprint density at radius 2 is 2.11 bits per heavy atom. The van der Waals surface area contributed by atoms with E-state index in [0.29, 0.717) is 6.61 Å². The molecule has 1 amide bonds. The number of carbonyl (C=O) groups excluding carboxylic acids is 1. The van der Waals surface area contributed by atoms with Gasteiger partial charge in [-0.15, -0.1) is 0 Å². The van der Waals surface area contributed by atoms with Crippen LogP contribution in [0.3, 0.4) is 0 Å². The highest BCUT2D eigenvalue weighted by Crippen LogP contribution is 2.30. The summed E-state index contributed by atoms with van der Waals surface area (Å²) < 4.78 is 47.0. The number of hydrogen-bond donors (Lipinski definition) is 1. The molecule has 2 rings (SSSR count). The maximum Gasteiger partial charge on any atom is 0.471 e. The molecule has 1 unspecified atom stereocenters. The Morgan fingerprint density at radius 3 is 2.68 bits per heavy atom. The first-order valence-corrected chi connectivity index (χ1v) is 5.54. The molecule has 1 aromatic rings. The van der Waals surface area contributed by atoms with Crippen LogP contribution in [0.4, 0.5) is 18.9 Å². The molecule has 0 aliphatic carbocycles. The molecule has 0 spiro atoms. The molecule has 1 aliphatic rings. The Hall–Kier alpha value is -1.76. The van der Waals surface area contributed by atoms with E-state index >= 15 is 0 Å². The Balaban J connectivity index is 2.05. The number of halogens is 3. The third-order valence-corrected chi connectivity index (χ3v) is 2.56. The zero-order valence-corrected chi connectivity index (χ0v) is 10.1. The zero-order valence-electron chi connectivity index (χ0n) is 10.1. The first-order valence-electron chi connectivity index (χ1n) is 5.54. The van der Waals surface area contributed by atoms with Crippen LogP contribution in [0.15, 0.2) is 24.3 Å². The molecule has 1 saturated heterocycles. The van der Waals surface area contributed by atoms with Gasteiger partial charge in [-0.25, -0.2) is 0 Å². The van der Waals surface area contributed by atoms with Gasteiger partial charge in [-0.1, -0.05) is 12.1 Å². The van der Waals surface area contributed by atoms with Crippen LogP contribution in [0, 0.1) is 0 Å². The normalized spacial score (nSPS) is 21.9. The lowest BCUT2D eigenvalue weighted by Crippen LogP contribution is -2.30. The minimum atomic E-state index is -4.93. The van der Waals surface area contributed by atoms with Crippen molar-refractivity contribution in [3.05, 3.63) is 24.3 Å². The molecule has 7 heteroatoms. The summed E-state index contributed by atoms with van der Waals surface area (Å²) in [5.41, 5.74) is -0.407. The van der Waals surface area contributed by atoms with Gasteiger partial charge in [-0.05, 0) is 19.1 Å². The van der Waals surface area contributed by atoms with Gasteiger partial charge in [0.05, 0.1) is 12.3 Å². The predicted molar refractivity (Wildman–Crippen MR) is 61.0 cm³/mol. The maximum absolute atomic E-state index is 12.2. The smallest absolute Gasteiger partial charge is 0.471 e. The number of amides is 1. The van der Waals surface area contributed by atoms with Crippen LogP contribution in [0.2, 0.25) is 0 Å². The molecule has 1 heterocycles. The Kier molecular flexibility index (Phi) is 3.40. The average molecular weight is 275 g/mol. The number of carbonyl (C=O) groups is 1. The molecular formula is C12H12F3NO3. The molecule has 104 valence electrons. The third kappa shape index (κ3) is 3.60. The summed E-state index contributed by atoms with van der Waals surface area (Å²) in [5.74, 6) is -1.85. The Morgan fingerprint density at radius 1 is 1.47 bits per heavy atom. The van der Waals surface area contributed by atoms with Crippen molar-refractivity contribution in [1.29, 1.82) is 0 Å². The van der Waals surface area contributed by atoms with Crippen LogP contribution >= 0.6 is 0 Å². The fourth-order valence-electron chi connectivity index (χ4n) is 1.33. The van der Waals surface area contributed by atoms with E-state index in [0.717, 1.165) is 0 Å². The summed E-state index contributed by atoms with van der Waals surface area (Å²) in [6.45, 7) is 2.58. The Bertz CT molecular complexity index is 483. The standard InChI is InChI=1S/C12H12F3NO3/c1-11(7-19-11)6-18-9-5-3-2-4-8(9)16-10(17)12(13,14)15/h2-5H,6-7H2,1H3,(H,16,17). The lowest BCUT2D eigenvalue weighted by molar-refractivity contribution is -0.167. The number of anilines is 1. The van der Waals surface area contributed by atoms with Crippen molar-refractivity contribution >= 4 is 11.6 Å². The zero-order chi connectivity index (χ0) is 14.1. The highest BCUT2D eigenvalue weighted by atomic mass is 19.4. The van der Waals surface area contributed by atoms with Crippen LogP contribution in [0.5, 0.6) is 5.75 Å². The highest BCUT2D eigenvalue weighted by Gasteiger charge is 2.41. The minimum Gasteiger partial charge on any atom is -0.488 e. The number of ether oxygens (including phenoxy) is 2. The molecule has 0 saturated carbocycles. The van der Waals surface area contributed by atoms with E-state index in [1.807, 2.05) is 6.92 Å². The monoisotopic (exact) mass is 275 g/mol. The number of epoxide rings is 1. The van der Waals surface area contributed by atoms with E-state index < -0.39 is 12.1 Å². The van der Waals surface area contributed by atoms with Crippen LogP contribution < -0.4 is 10.1 Å². The van der Waals surface area contributed by atoms with Gasteiger partial charge in [0.15, 0.2) is 0 Å². The van der Waals surface area contributed by atoms with E-state index in [2.05, 4.69) is 0 Å². The molecule has 1 aromatic carbocycles. The first kappa shape index (κ1) is 13.7. The molecule has 4 nitrogen and oxygen atoms in total. The van der Waals surface area contributed by atoms with Gasteiger partial charge < -0.3 is 14.8 Å². The molecule has 0 radical (unpaired) electrons. The van der Waals surface area contributed by atoms with E-state index in [1.54, 1.807) is 11.4 Å². The van der Waals surface area contributed by atoms with E-state index in [-0.39, 0.29) is 23.6 Å². The van der Waals surface area contributed by atoms with Gasteiger partial charge in [-0.3, -0.25) is 4.79 Å². The second kappa shape index (κ2) is 4.73. The average Bonchev–Trinajstić information content (AvgIpc) is 3.05. The summed E-state index contributed by atoms with van der Waals surface area (Å²) in [6, 6.07) is 5.94. The summed E-state index contributed by atoms with van der Waals surface area (Å²) >= 11 is 0. The molecule has 1 N–H and O–H groups in total. The van der Waals surface area contributed by atoms with E-state index in [9.17, 15) is 18.0 Å². The van der Waals surface area contributed by atoms with Gasteiger partial charge in [0.1, 0.15) is 18.0 Å². The summed E-state index contributed by atoms with van der Waals surface area (Å²) in [5, 5.41) is 1.78. The summed E-state index contributed by atoms with van der Waals surface area (Å²) in [7, 11) is 0. The maximum atomic E-state index is 12.2. The summed E-state index contributed by atoms with van der Waals surface area (Å²) in [6.07, 6.45) is -4.93. The molecular weight excluding hydrogens is 263 g/mol. The van der Waals surface area contributed by atoms with Crippen molar-refractivity contribution in [2.75, 3.05) is 18.5 Å². The number of hydrogen-bond acceptors (Lipinski definition) is 3. The van der Waals surface area contributed by atoms with E-state index in [1.165, 1.54) is 18.2 Å². The predicted octanol–water partition coefficient (Wildman–Crippen LogP) is 2.36. The minimum absolute atomic E-state index is 0.0194. The van der Waals surface area contributed by atoms with Gasteiger partial charge in [-0.2, -0.15) is 13.2 Å². The number of nitrogens with one attached hydrogen (secondary N) is 1. The van der Waals surface area contributed by atoms with Gasteiger partial charge >= 0.3 is 12.1 Å². The lowest BCUT2D eigenvalue weighted by atomic mass is 10.2. The van der Waals surface area contributed by atoms with Crippen molar-refractivity contribution in [3.63, 3.8) is 0 Å². The highest BCUT2D eigenvalue weighted by molar-refractivity contribution is 5.96. The number of rotatable bonds is 4. The molecule has 0 aromatic heterocycles. The van der Waals surface area contributed by atoms with Gasteiger partial charge in [0.25, 0.3) is 0 Å². The van der Waals surface area contributed by atoms with Crippen molar-refractivity contribution < 1.29 is 27.4 Å². The van der Waals surface area contributed by atoms with Gasteiger partial charge in [0.2, 0.25) is 0 Å². The Labute approximate surface area is 107 Å². The topological polar surface area (TPSA) is 50.9 Å². The van der Waals surface area contributed by atoms with Crippen molar-refractivity contribution in [2.24, 2.45) is 0 Å². The molecule has 0 bridgehead atoms. The number of benzene rings is 1. The molecule has 1 fully saturated rings. The fraction of sp³-hybridized carbons (Fsp3) is 0.417. The van der Waals surface area contributed by atoms with Crippen molar-refractivity contribution in [1.82, 2.24) is 0 Å². The first-order chi connectivity index (χ1) is 8.80. The van der Waals surface area contributed by atoms with E-state index in [4.69, 9.17) is 9.47 Å². The van der Waals surface area contributed by atoms with Gasteiger partial charge in [0, 0.05) is 0 Å². The second-order valence-electron chi connectivity index (χ2n) is 4.48. The van der Waals surface area contributed by atoms with Crippen molar-refractivity contribution in [2.45, 2.75) is 18.7 Å². The van der Waals surface area contributed by atoms with Crippen LogP contribution in [-0.4, -0.2) is 30.9 Å². The SMILES string of the molecule is CC1(COc2ccccc2NC(=O)C(F)(F)F)CO1. The van der Waals surface area contributed by atoms with Crippen molar-refractivity contribution in [3.8, 4) is 5.75 Å².